The molecule has 0 amide bonds. The molecule has 0 atom stereocenters. The van der Waals surface area contributed by atoms with Crippen LogP contribution < -0.4 is 9.80 Å². The Morgan fingerprint density at radius 3 is 2.50 bits per heavy atom. The molecule has 0 spiro atoms. The Kier molecular flexibility index (Phi) is 5.63. The van der Waals surface area contributed by atoms with Gasteiger partial charge in [-0.25, -0.2) is 4.39 Å². The minimum atomic E-state index is -0.215. The lowest BCUT2D eigenvalue weighted by atomic mass is 10.1. The Hall–Kier alpha value is -2.01. The molecule has 28 heavy (non-hydrogen) atoms. The molecule has 1 saturated heterocycles. The maximum Gasteiger partial charge on any atom is 0.123 e. The summed E-state index contributed by atoms with van der Waals surface area (Å²) >= 11 is 12.2. The summed E-state index contributed by atoms with van der Waals surface area (Å²) in [7, 11) is 2.13. The van der Waals surface area contributed by atoms with E-state index in [1.54, 1.807) is 18.2 Å². The molecule has 0 unspecified atom stereocenters. The molecule has 4 rings (SSSR count). The summed E-state index contributed by atoms with van der Waals surface area (Å²) in [6.45, 7) is 4.63. The van der Waals surface area contributed by atoms with Gasteiger partial charge in [0.1, 0.15) is 5.82 Å². The zero-order valence-corrected chi connectivity index (χ0v) is 17.2. The maximum atomic E-state index is 14.0. The predicted octanol–water partition coefficient (Wildman–Crippen LogP) is 5.30. The van der Waals surface area contributed by atoms with E-state index in [9.17, 15) is 4.39 Å². The van der Waals surface area contributed by atoms with Gasteiger partial charge in [-0.15, -0.1) is 0 Å². The quantitative estimate of drug-likeness (QED) is 0.670. The fraction of sp³-hybridized carbons (Fsp3) is 0.273. The lowest BCUT2D eigenvalue weighted by molar-refractivity contribution is 0.313. The van der Waals surface area contributed by atoms with Gasteiger partial charge >= 0.3 is 0 Å². The maximum absolute atomic E-state index is 14.0. The van der Waals surface area contributed by atoms with Gasteiger partial charge in [-0.3, -0.25) is 0 Å². The molecule has 2 aliphatic rings. The number of halogens is 3. The first kappa shape index (κ1) is 19.3. The van der Waals surface area contributed by atoms with Crippen LogP contribution in [0.2, 0.25) is 10.0 Å². The molecular weight excluding hydrogens is 396 g/mol. The molecule has 1 fully saturated rings. The van der Waals surface area contributed by atoms with E-state index in [0.717, 1.165) is 48.7 Å². The highest BCUT2D eigenvalue weighted by molar-refractivity contribution is 6.42. The van der Waals surface area contributed by atoms with E-state index in [1.165, 1.54) is 0 Å². The van der Waals surface area contributed by atoms with Gasteiger partial charge in [0.15, 0.2) is 0 Å². The smallest absolute Gasteiger partial charge is 0.123 e. The molecule has 0 saturated carbocycles. The van der Waals surface area contributed by atoms with Crippen molar-refractivity contribution < 1.29 is 4.39 Å². The zero-order valence-electron chi connectivity index (χ0n) is 15.7. The van der Waals surface area contributed by atoms with Crippen molar-refractivity contribution >= 4 is 40.7 Å². The molecular formula is C22H22Cl2FN3. The fourth-order valence-corrected chi connectivity index (χ4v) is 3.89. The van der Waals surface area contributed by atoms with Crippen molar-refractivity contribution in [2.45, 2.75) is 0 Å². The Morgan fingerprint density at radius 1 is 0.964 bits per heavy atom. The Labute approximate surface area is 175 Å². The Bertz CT molecular complexity index is 933. The lowest BCUT2D eigenvalue weighted by Crippen LogP contribution is -2.44. The highest BCUT2D eigenvalue weighted by atomic mass is 35.5. The van der Waals surface area contributed by atoms with Crippen molar-refractivity contribution in [1.29, 1.82) is 0 Å². The van der Waals surface area contributed by atoms with Crippen LogP contribution in [0.3, 0.4) is 0 Å². The second kappa shape index (κ2) is 8.16. The van der Waals surface area contributed by atoms with E-state index < -0.39 is 0 Å². The predicted molar refractivity (Wildman–Crippen MR) is 117 cm³/mol. The van der Waals surface area contributed by atoms with Crippen LogP contribution in [0, 0.1) is 5.82 Å². The van der Waals surface area contributed by atoms with Crippen LogP contribution in [-0.4, -0.2) is 44.7 Å². The number of hydrogen-bond donors (Lipinski definition) is 0. The first-order valence-electron chi connectivity index (χ1n) is 9.33. The van der Waals surface area contributed by atoms with Gasteiger partial charge in [0, 0.05) is 55.9 Å². The molecule has 146 valence electrons. The minimum Gasteiger partial charge on any atom is -0.368 e. The molecule has 2 aliphatic heterocycles. The summed E-state index contributed by atoms with van der Waals surface area (Å²) in [5, 5.41) is 1.08. The average Bonchev–Trinajstić information content (AvgIpc) is 3.14. The lowest BCUT2D eigenvalue weighted by Gasteiger charge is -2.35. The van der Waals surface area contributed by atoms with Gasteiger partial charge in [-0.05, 0) is 61.2 Å². The second-order valence-corrected chi connectivity index (χ2v) is 8.07. The highest BCUT2D eigenvalue weighted by Gasteiger charge is 2.18. The zero-order chi connectivity index (χ0) is 19.7. The van der Waals surface area contributed by atoms with Crippen molar-refractivity contribution in [2.75, 3.05) is 49.6 Å². The first-order valence-corrected chi connectivity index (χ1v) is 10.1. The number of nitrogens with zero attached hydrogens (tertiary/aromatic N) is 3. The summed E-state index contributed by atoms with van der Waals surface area (Å²) in [6, 6.07) is 10.7. The van der Waals surface area contributed by atoms with Gasteiger partial charge in [0.2, 0.25) is 0 Å². The molecule has 0 aliphatic carbocycles. The van der Waals surface area contributed by atoms with Crippen molar-refractivity contribution in [3.05, 3.63) is 75.7 Å². The van der Waals surface area contributed by atoms with Crippen molar-refractivity contribution in [2.24, 2.45) is 0 Å². The minimum absolute atomic E-state index is 0.215. The largest absolute Gasteiger partial charge is 0.368 e. The summed E-state index contributed by atoms with van der Waals surface area (Å²) < 4.78 is 14.0. The Morgan fingerprint density at radius 2 is 1.75 bits per heavy atom. The van der Waals surface area contributed by atoms with Crippen molar-refractivity contribution in [3.8, 4) is 0 Å². The van der Waals surface area contributed by atoms with E-state index in [1.807, 2.05) is 24.4 Å². The van der Waals surface area contributed by atoms with Crippen LogP contribution in [0.15, 0.2) is 54.2 Å². The van der Waals surface area contributed by atoms with Crippen molar-refractivity contribution in [3.63, 3.8) is 0 Å². The number of rotatable bonds is 3. The highest BCUT2D eigenvalue weighted by Crippen LogP contribution is 2.31. The van der Waals surface area contributed by atoms with Crippen molar-refractivity contribution in [1.82, 2.24) is 4.90 Å². The summed E-state index contributed by atoms with van der Waals surface area (Å²) in [6.07, 6.45) is 6.15. The summed E-state index contributed by atoms with van der Waals surface area (Å²) in [5.74, 6) is -0.215. The van der Waals surface area contributed by atoms with E-state index >= 15 is 0 Å². The van der Waals surface area contributed by atoms with E-state index in [4.69, 9.17) is 23.2 Å². The van der Waals surface area contributed by atoms with Gasteiger partial charge in [0.05, 0.1) is 10.0 Å². The Balaban J connectivity index is 1.57. The number of piperazine rings is 1. The monoisotopic (exact) mass is 417 g/mol. The number of benzene rings is 2. The van der Waals surface area contributed by atoms with E-state index in [2.05, 4.69) is 33.9 Å². The third-order valence-electron chi connectivity index (χ3n) is 5.23. The van der Waals surface area contributed by atoms with Crippen LogP contribution >= 0.6 is 23.2 Å². The third kappa shape index (κ3) is 4.19. The molecule has 3 nitrogen and oxygen atoms in total. The summed E-state index contributed by atoms with van der Waals surface area (Å²) in [5.41, 5.74) is 4.10. The third-order valence-corrected chi connectivity index (χ3v) is 5.97. The van der Waals surface area contributed by atoms with Crippen LogP contribution in [0.25, 0.3) is 6.08 Å². The topological polar surface area (TPSA) is 9.72 Å². The van der Waals surface area contributed by atoms with Gasteiger partial charge in [-0.2, -0.15) is 0 Å². The van der Waals surface area contributed by atoms with Gasteiger partial charge < -0.3 is 14.7 Å². The average molecular weight is 418 g/mol. The van der Waals surface area contributed by atoms with Crippen LogP contribution in [0.4, 0.5) is 15.8 Å². The van der Waals surface area contributed by atoms with Crippen LogP contribution in [0.1, 0.15) is 5.56 Å². The fourth-order valence-electron chi connectivity index (χ4n) is 3.60. The second-order valence-electron chi connectivity index (χ2n) is 7.25. The first-order chi connectivity index (χ1) is 13.5. The number of likely N-dealkylation sites (N-methyl/N-ethyl adjacent to an activating group) is 1. The normalized spacial score (nSPS) is 19.1. The van der Waals surface area contributed by atoms with Crippen LogP contribution in [0.5, 0.6) is 0 Å². The number of hydrogen-bond acceptors (Lipinski definition) is 3. The molecule has 0 bridgehead atoms. The molecule has 2 aromatic rings. The molecule has 0 aromatic heterocycles. The van der Waals surface area contributed by atoms with E-state index in [0.29, 0.717) is 16.6 Å². The molecule has 2 heterocycles. The molecule has 6 heteroatoms. The number of anilines is 2. The van der Waals surface area contributed by atoms with Crippen LogP contribution in [-0.2, 0) is 0 Å². The standard InChI is InChI=1S/C22H22Cl2FN3/c1-26-8-10-27(11-9-26)22-5-2-18(25)13-17(22)12-16-6-7-28(15-16)19-3-4-20(23)21(24)14-19/h2-7,12-14H,8-11,15H2,1H3. The SMILES string of the molecule is CN1CCN(c2ccc(F)cc2C=C2C=CN(c3ccc(Cl)c(Cl)c3)C2)CC1. The molecule has 0 radical (unpaired) electrons. The molecule has 0 N–H and O–H groups in total. The molecule has 2 aromatic carbocycles. The van der Waals surface area contributed by atoms with Gasteiger partial charge in [-0.1, -0.05) is 23.2 Å². The summed E-state index contributed by atoms with van der Waals surface area (Å²) in [4.78, 5) is 6.75. The van der Waals surface area contributed by atoms with E-state index in [-0.39, 0.29) is 5.82 Å². The van der Waals surface area contributed by atoms with Gasteiger partial charge in [0.25, 0.3) is 0 Å².